The number of fused-ring (bicyclic) bond motifs is 1. The molecule has 1 aliphatic carbocycles. The lowest BCUT2D eigenvalue weighted by atomic mass is 9.73. The molecule has 1 atom stereocenters. The van der Waals surface area contributed by atoms with Gasteiger partial charge in [-0.2, -0.15) is 5.10 Å². The minimum atomic E-state index is -1.08. The summed E-state index contributed by atoms with van der Waals surface area (Å²) in [5, 5.41) is 27.5. The Morgan fingerprint density at radius 2 is 1.76 bits per heavy atom. The number of aromatic carboxylic acids is 1. The van der Waals surface area contributed by atoms with Gasteiger partial charge in [0.25, 0.3) is 0 Å². The van der Waals surface area contributed by atoms with Crippen molar-refractivity contribution in [3.05, 3.63) is 99.9 Å². The summed E-state index contributed by atoms with van der Waals surface area (Å²) in [6.45, 7) is 2.21. The molecule has 238 valence electrons. The van der Waals surface area contributed by atoms with Gasteiger partial charge in [0, 0.05) is 51.8 Å². The maximum absolute atomic E-state index is 12.6. The number of methoxy groups -OCH3 is 2. The molecule has 6 rings (SSSR count). The molecule has 3 aromatic carbocycles. The molecule has 4 aromatic rings. The highest BCUT2D eigenvalue weighted by Gasteiger charge is 2.48. The molecular weight excluding hydrogens is 592 g/mol. The van der Waals surface area contributed by atoms with E-state index in [1.54, 1.807) is 61.8 Å². The molecule has 3 N–H and O–H groups in total. The van der Waals surface area contributed by atoms with Crippen LogP contribution >= 0.6 is 0 Å². The Balaban J connectivity index is 1.39. The first kappa shape index (κ1) is 30.6. The van der Waals surface area contributed by atoms with Crippen molar-refractivity contribution in [3.8, 4) is 28.7 Å². The van der Waals surface area contributed by atoms with E-state index in [4.69, 9.17) is 23.7 Å². The topological polar surface area (TPSA) is 149 Å². The van der Waals surface area contributed by atoms with Crippen molar-refractivity contribution in [2.45, 2.75) is 38.2 Å². The van der Waals surface area contributed by atoms with Crippen LogP contribution in [0.15, 0.2) is 66.4 Å². The lowest BCUT2D eigenvalue weighted by Crippen LogP contribution is -2.29. The van der Waals surface area contributed by atoms with Gasteiger partial charge in [0.15, 0.2) is 11.5 Å². The number of rotatable bonds is 13. The molecule has 2 aliphatic rings. The summed E-state index contributed by atoms with van der Waals surface area (Å²) in [7, 11) is 3.09. The molecule has 1 aromatic heterocycles. The van der Waals surface area contributed by atoms with Crippen LogP contribution in [-0.4, -0.2) is 53.4 Å². The fourth-order valence-electron chi connectivity index (χ4n) is 6.10. The van der Waals surface area contributed by atoms with Gasteiger partial charge in [-0.3, -0.25) is 5.10 Å². The minimum absolute atomic E-state index is 0.0274. The number of carbonyl (C=O) groups is 2. The van der Waals surface area contributed by atoms with Crippen LogP contribution in [0.3, 0.4) is 0 Å². The van der Waals surface area contributed by atoms with E-state index in [0.717, 1.165) is 24.1 Å². The van der Waals surface area contributed by atoms with Crippen molar-refractivity contribution in [1.82, 2.24) is 10.2 Å². The number of hydrogen-bond donors (Lipinski definition) is 3. The van der Waals surface area contributed by atoms with E-state index >= 15 is 0 Å². The van der Waals surface area contributed by atoms with E-state index in [-0.39, 0.29) is 36.9 Å². The third-order valence-corrected chi connectivity index (χ3v) is 8.72. The Hall–Kier alpha value is -5.45. The van der Waals surface area contributed by atoms with Gasteiger partial charge in [-0.05, 0) is 50.0 Å². The Morgan fingerprint density at radius 3 is 2.46 bits per heavy atom. The second-order valence-electron chi connectivity index (χ2n) is 11.5. The molecule has 2 heterocycles. The van der Waals surface area contributed by atoms with Crippen LogP contribution in [0, 0.1) is 5.92 Å². The first-order chi connectivity index (χ1) is 22.2. The number of aliphatic carboxylic acids is 1. The smallest absolute Gasteiger partial charge is 0.336 e. The van der Waals surface area contributed by atoms with Gasteiger partial charge in [-0.15, -0.1) is 0 Å². The first-order valence-electron chi connectivity index (χ1n) is 14.8. The third kappa shape index (κ3) is 5.83. The standard InChI is InChI=1S/C35H34N2O9/c1-35(24-8-9-24,27-11-10-25(42-2)15-29(27)44-18-20-6-4-5-7-26(20)34(40)41)32-23(17-36-37-32)13-22(33(38)39)12-21-14-30-31(46-19-45-30)16-28(21)43-3/h4-7,10-11,13-17,24H,8-9,12,18-19H2,1-3H3,(H,36,37)(H,38,39)(H,40,41). The summed E-state index contributed by atoms with van der Waals surface area (Å²) in [4.78, 5) is 24.4. The molecule has 0 bridgehead atoms. The number of aromatic amines is 1. The number of hydrogen-bond acceptors (Lipinski definition) is 8. The van der Waals surface area contributed by atoms with Crippen molar-refractivity contribution >= 4 is 18.0 Å². The van der Waals surface area contributed by atoms with Gasteiger partial charge >= 0.3 is 11.9 Å². The molecule has 1 saturated carbocycles. The molecule has 46 heavy (non-hydrogen) atoms. The number of ether oxygens (including phenoxy) is 5. The van der Waals surface area contributed by atoms with Crippen LogP contribution in [0.2, 0.25) is 0 Å². The fraction of sp³-hybridized carbons (Fsp3) is 0.286. The van der Waals surface area contributed by atoms with Crippen molar-refractivity contribution in [3.63, 3.8) is 0 Å². The van der Waals surface area contributed by atoms with Gasteiger partial charge in [0.1, 0.15) is 23.9 Å². The zero-order chi connectivity index (χ0) is 32.4. The van der Waals surface area contributed by atoms with E-state index < -0.39 is 17.4 Å². The second kappa shape index (κ2) is 12.5. The number of benzene rings is 3. The Bertz CT molecular complexity index is 1820. The summed E-state index contributed by atoms with van der Waals surface area (Å²) < 4.78 is 28.4. The highest BCUT2D eigenvalue weighted by molar-refractivity contribution is 5.93. The molecule has 11 heteroatoms. The zero-order valence-electron chi connectivity index (χ0n) is 25.7. The van der Waals surface area contributed by atoms with Gasteiger partial charge in [0.05, 0.1) is 31.7 Å². The van der Waals surface area contributed by atoms with E-state index in [9.17, 15) is 19.8 Å². The summed E-state index contributed by atoms with van der Waals surface area (Å²) in [5.74, 6) is 0.785. The predicted molar refractivity (Wildman–Crippen MR) is 167 cm³/mol. The van der Waals surface area contributed by atoms with Crippen LogP contribution in [-0.2, 0) is 23.2 Å². The maximum atomic E-state index is 12.6. The Kier molecular flexibility index (Phi) is 8.31. The molecular formula is C35H34N2O9. The largest absolute Gasteiger partial charge is 0.497 e. The third-order valence-electron chi connectivity index (χ3n) is 8.72. The van der Waals surface area contributed by atoms with Gasteiger partial charge in [-0.25, -0.2) is 9.59 Å². The van der Waals surface area contributed by atoms with Gasteiger partial charge < -0.3 is 33.9 Å². The maximum Gasteiger partial charge on any atom is 0.336 e. The SMILES string of the molecule is COc1ccc(C(C)(c2[nH]ncc2C=C(Cc2cc3c(cc2OC)OCO3)C(=O)O)C2CC2)c(OCc2ccccc2C(=O)O)c1. The number of carboxylic acid groups (broad SMARTS) is 2. The van der Waals surface area contributed by atoms with Crippen molar-refractivity contribution in [2.24, 2.45) is 5.92 Å². The quantitative estimate of drug-likeness (QED) is 0.154. The normalized spacial score (nSPS) is 15.2. The Morgan fingerprint density at radius 1 is 1.00 bits per heavy atom. The molecule has 1 unspecified atom stereocenters. The molecule has 11 nitrogen and oxygen atoms in total. The van der Waals surface area contributed by atoms with Crippen molar-refractivity contribution < 1.29 is 43.5 Å². The minimum Gasteiger partial charge on any atom is -0.497 e. The fourth-order valence-corrected chi connectivity index (χ4v) is 6.10. The van der Waals surface area contributed by atoms with Crippen LogP contribution in [0.25, 0.3) is 6.08 Å². The van der Waals surface area contributed by atoms with Gasteiger partial charge in [-0.1, -0.05) is 24.3 Å². The molecule has 0 saturated heterocycles. The van der Waals surface area contributed by atoms with Crippen LogP contribution in [0.5, 0.6) is 28.7 Å². The predicted octanol–water partition coefficient (Wildman–Crippen LogP) is 5.86. The number of aromatic nitrogens is 2. The average Bonchev–Trinajstić information content (AvgIpc) is 3.65. The monoisotopic (exact) mass is 626 g/mol. The zero-order valence-corrected chi connectivity index (χ0v) is 25.7. The van der Waals surface area contributed by atoms with Crippen molar-refractivity contribution in [2.75, 3.05) is 21.0 Å². The second-order valence-corrected chi connectivity index (χ2v) is 11.5. The van der Waals surface area contributed by atoms with E-state index in [0.29, 0.717) is 45.4 Å². The lowest BCUT2D eigenvalue weighted by molar-refractivity contribution is -0.132. The molecule has 0 radical (unpaired) electrons. The van der Waals surface area contributed by atoms with Crippen LogP contribution < -0.4 is 23.7 Å². The highest BCUT2D eigenvalue weighted by atomic mass is 16.7. The van der Waals surface area contributed by atoms with E-state index in [1.807, 2.05) is 12.1 Å². The van der Waals surface area contributed by atoms with Crippen LogP contribution in [0.1, 0.15) is 58.1 Å². The van der Waals surface area contributed by atoms with Crippen molar-refractivity contribution in [1.29, 1.82) is 0 Å². The molecule has 1 aliphatic heterocycles. The summed E-state index contributed by atoms with van der Waals surface area (Å²) in [5.41, 5.74) is 3.03. The number of carboxylic acids is 2. The van der Waals surface area contributed by atoms with E-state index in [2.05, 4.69) is 17.1 Å². The molecule has 0 spiro atoms. The number of H-pyrrole nitrogens is 1. The van der Waals surface area contributed by atoms with E-state index in [1.165, 1.54) is 7.11 Å². The Labute approximate surface area is 265 Å². The highest BCUT2D eigenvalue weighted by Crippen LogP contribution is 2.54. The summed E-state index contributed by atoms with van der Waals surface area (Å²) in [6.07, 6.45) is 5.24. The molecule has 0 amide bonds. The number of nitrogens with zero attached hydrogens (tertiary/aromatic N) is 1. The lowest BCUT2D eigenvalue weighted by Gasteiger charge is -2.32. The average molecular weight is 627 g/mol. The van der Waals surface area contributed by atoms with Crippen LogP contribution in [0.4, 0.5) is 0 Å². The van der Waals surface area contributed by atoms with Gasteiger partial charge in [0.2, 0.25) is 6.79 Å². The summed E-state index contributed by atoms with van der Waals surface area (Å²) >= 11 is 0. The first-order valence-corrected chi connectivity index (χ1v) is 14.8. The summed E-state index contributed by atoms with van der Waals surface area (Å²) in [6, 6.07) is 15.8. The number of nitrogens with one attached hydrogen (secondary N) is 1. The molecule has 1 fully saturated rings.